The second-order valence-electron chi connectivity index (χ2n) is 6.16. The number of esters is 1. The van der Waals surface area contributed by atoms with Gasteiger partial charge in [-0.1, -0.05) is 36.0 Å². The number of carbonyl (C=O) groups is 1. The number of aliphatic hydroxyl groups is 1. The molecule has 0 unspecified atom stereocenters. The van der Waals surface area contributed by atoms with E-state index in [4.69, 9.17) is 19.5 Å². The number of hydrogen-bond acceptors (Lipinski definition) is 8. The third kappa shape index (κ3) is 5.27. The van der Waals surface area contributed by atoms with E-state index >= 15 is 0 Å². The Morgan fingerprint density at radius 3 is 2.68 bits per heavy atom. The molecule has 2 aromatic rings. The van der Waals surface area contributed by atoms with E-state index in [1.54, 1.807) is 43.3 Å². The monoisotopic (exact) mass is 436 g/mol. The highest BCUT2D eigenvalue weighted by atomic mass is 32.2. The quantitative estimate of drug-likeness (QED) is 0.623. The molecule has 0 fully saturated rings. The van der Waals surface area contributed by atoms with Crippen LogP contribution < -0.4 is 9.47 Å². The molecule has 2 aromatic carbocycles. The van der Waals surface area contributed by atoms with Gasteiger partial charge in [0.2, 0.25) is 0 Å². The molecule has 0 atom stereocenters. The molecule has 1 aliphatic rings. The number of benzene rings is 2. The molecule has 158 valence electrons. The van der Waals surface area contributed by atoms with E-state index in [1.807, 2.05) is 24.3 Å². The molecule has 0 amide bonds. The van der Waals surface area contributed by atoms with Gasteiger partial charge in [0.1, 0.15) is 22.4 Å². The first-order valence-electron chi connectivity index (χ1n) is 9.39. The number of thioether (sulfide) groups is 1. The summed E-state index contributed by atoms with van der Waals surface area (Å²) in [7, 11) is 1.50. The topological polar surface area (TPSA) is 101 Å². The first kappa shape index (κ1) is 22.0. The van der Waals surface area contributed by atoms with Crippen LogP contribution in [-0.4, -0.2) is 36.4 Å². The normalized spacial score (nSPS) is 15.8. The maximum atomic E-state index is 12.5. The number of nitrogens with zero attached hydrogens (tertiary/aromatic N) is 2. The zero-order valence-corrected chi connectivity index (χ0v) is 17.8. The molecular formula is C23H20N2O5S. The van der Waals surface area contributed by atoms with E-state index in [0.29, 0.717) is 32.7 Å². The van der Waals surface area contributed by atoms with Crippen molar-refractivity contribution in [1.29, 1.82) is 5.26 Å². The van der Waals surface area contributed by atoms with Crippen LogP contribution in [0.5, 0.6) is 11.5 Å². The fourth-order valence-corrected chi connectivity index (χ4v) is 3.80. The zero-order chi connectivity index (χ0) is 22.2. The molecule has 3 rings (SSSR count). The van der Waals surface area contributed by atoms with Crippen molar-refractivity contribution in [3.05, 3.63) is 70.3 Å². The number of methoxy groups -OCH3 is 1. The zero-order valence-electron chi connectivity index (χ0n) is 17.0. The van der Waals surface area contributed by atoms with Crippen LogP contribution in [0.1, 0.15) is 12.5 Å². The SMILES string of the molecule is CCOC(=O)C1=C(O)/C(=C/c2ccc(OCC#N)c(OC)c2)SC1=Nc1ccccc1. The van der Waals surface area contributed by atoms with Gasteiger partial charge in [-0.3, -0.25) is 0 Å². The third-order valence-electron chi connectivity index (χ3n) is 4.13. The highest BCUT2D eigenvalue weighted by Gasteiger charge is 2.33. The van der Waals surface area contributed by atoms with Gasteiger partial charge in [0.05, 0.1) is 24.3 Å². The fraction of sp³-hybridized carbons (Fsp3) is 0.174. The van der Waals surface area contributed by atoms with E-state index in [9.17, 15) is 9.90 Å². The lowest BCUT2D eigenvalue weighted by atomic mass is 10.1. The maximum Gasteiger partial charge on any atom is 0.344 e. The minimum atomic E-state index is -0.636. The standard InChI is InChI=1S/C23H20N2O5S/c1-3-29-23(27)20-21(26)19(31-22(20)25-16-7-5-4-6-8-16)14-15-9-10-17(30-12-11-24)18(13-15)28-2/h4-10,13-14,26H,3,12H2,1-2H3/b19-14-,25-22?. The van der Waals surface area contributed by atoms with E-state index in [-0.39, 0.29) is 24.5 Å². The van der Waals surface area contributed by atoms with Crippen molar-refractivity contribution in [2.75, 3.05) is 20.3 Å². The van der Waals surface area contributed by atoms with Gasteiger partial charge in [0.25, 0.3) is 0 Å². The van der Waals surface area contributed by atoms with Gasteiger partial charge in [-0.15, -0.1) is 0 Å². The fourth-order valence-electron chi connectivity index (χ4n) is 2.77. The summed E-state index contributed by atoms with van der Waals surface area (Å²) in [5.74, 6) is 0.0498. The Bertz CT molecular complexity index is 1100. The molecule has 8 heteroatoms. The highest BCUT2D eigenvalue weighted by molar-refractivity contribution is 8.18. The molecule has 0 bridgehead atoms. The van der Waals surface area contributed by atoms with Crippen molar-refractivity contribution in [1.82, 2.24) is 0 Å². The highest BCUT2D eigenvalue weighted by Crippen LogP contribution is 2.41. The van der Waals surface area contributed by atoms with Crippen molar-refractivity contribution >= 4 is 34.5 Å². The Kier molecular flexibility index (Phi) is 7.35. The number of ether oxygens (including phenoxy) is 3. The summed E-state index contributed by atoms with van der Waals surface area (Å²) in [4.78, 5) is 17.4. The van der Waals surface area contributed by atoms with Crippen molar-refractivity contribution < 1.29 is 24.1 Å². The Morgan fingerprint density at radius 2 is 2.00 bits per heavy atom. The van der Waals surface area contributed by atoms with Crippen molar-refractivity contribution in [2.24, 2.45) is 4.99 Å². The number of para-hydroxylation sites is 1. The van der Waals surface area contributed by atoms with Crippen LogP contribution >= 0.6 is 11.8 Å². The number of rotatable bonds is 7. The van der Waals surface area contributed by atoms with E-state index in [0.717, 1.165) is 0 Å². The van der Waals surface area contributed by atoms with Gasteiger partial charge in [0.15, 0.2) is 18.1 Å². The van der Waals surface area contributed by atoms with Crippen LogP contribution in [-0.2, 0) is 9.53 Å². The van der Waals surface area contributed by atoms with E-state index < -0.39 is 5.97 Å². The minimum Gasteiger partial charge on any atom is -0.506 e. The molecule has 31 heavy (non-hydrogen) atoms. The predicted octanol–water partition coefficient (Wildman–Crippen LogP) is 4.79. The summed E-state index contributed by atoms with van der Waals surface area (Å²) in [5, 5.41) is 19.8. The smallest absolute Gasteiger partial charge is 0.344 e. The summed E-state index contributed by atoms with van der Waals surface area (Å²) in [5.41, 5.74) is 1.39. The lowest BCUT2D eigenvalue weighted by Gasteiger charge is -2.09. The van der Waals surface area contributed by atoms with Crippen LogP contribution in [0.4, 0.5) is 5.69 Å². The van der Waals surface area contributed by atoms with Gasteiger partial charge < -0.3 is 19.3 Å². The van der Waals surface area contributed by atoms with Gasteiger partial charge in [-0.2, -0.15) is 5.26 Å². The number of nitriles is 1. The Balaban J connectivity index is 1.99. The van der Waals surface area contributed by atoms with Gasteiger partial charge in [-0.25, -0.2) is 9.79 Å². The van der Waals surface area contributed by atoms with Crippen molar-refractivity contribution in [2.45, 2.75) is 6.92 Å². The number of aliphatic hydroxyl groups excluding tert-OH is 1. The maximum absolute atomic E-state index is 12.5. The first-order chi connectivity index (χ1) is 15.1. The van der Waals surface area contributed by atoms with Crippen LogP contribution in [0, 0.1) is 11.3 Å². The lowest BCUT2D eigenvalue weighted by molar-refractivity contribution is -0.138. The molecule has 0 saturated heterocycles. The summed E-state index contributed by atoms with van der Waals surface area (Å²) in [6.07, 6.45) is 1.71. The average Bonchev–Trinajstić information content (AvgIpc) is 3.08. The molecule has 7 nitrogen and oxygen atoms in total. The molecule has 0 saturated carbocycles. The van der Waals surface area contributed by atoms with E-state index in [2.05, 4.69) is 4.99 Å². The second kappa shape index (κ2) is 10.4. The van der Waals surface area contributed by atoms with Crippen LogP contribution in [0.15, 0.2) is 69.8 Å². The number of carbonyl (C=O) groups excluding carboxylic acids is 1. The first-order valence-corrected chi connectivity index (χ1v) is 10.2. The lowest BCUT2D eigenvalue weighted by Crippen LogP contribution is -2.12. The molecule has 0 spiro atoms. The summed E-state index contributed by atoms with van der Waals surface area (Å²) in [6, 6.07) is 16.2. The van der Waals surface area contributed by atoms with Crippen molar-refractivity contribution in [3.8, 4) is 17.6 Å². The average molecular weight is 436 g/mol. The molecule has 1 heterocycles. The number of hydrogen-bond donors (Lipinski definition) is 1. The molecule has 0 radical (unpaired) electrons. The summed E-state index contributed by atoms with van der Waals surface area (Å²) < 4.78 is 15.8. The molecular weight excluding hydrogens is 416 g/mol. The Morgan fingerprint density at radius 1 is 1.23 bits per heavy atom. The molecule has 0 aliphatic carbocycles. The third-order valence-corrected chi connectivity index (χ3v) is 5.15. The van der Waals surface area contributed by atoms with E-state index in [1.165, 1.54) is 18.9 Å². The molecule has 1 N–H and O–H groups in total. The largest absolute Gasteiger partial charge is 0.506 e. The second-order valence-corrected chi connectivity index (χ2v) is 7.19. The van der Waals surface area contributed by atoms with Gasteiger partial charge in [0, 0.05) is 0 Å². The summed E-state index contributed by atoms with van der Waals surface area (Å²) >= 11 is 1.17. The van der Waals surface area contributed by atoms with Crippen molar-refractivity contribution in [3.63, 3.8) is 0 Å². The minimum absolute atomic E-state index is 0.0305. The predicted molar refractivity (Wildman–Crippen MR) is 119 cm³/mol. The van der Waals surface area contributed by atoms with Crippen LogP contribution in [0.25, 0.3) is 6.08 Å². The van der Waals surface area contributed by atoms with Gasteiger partial charge >= 0.3 is 5.97 Å². The Hall–Kier alpha value is -3.70. The van der Waals surface area contributed by atoms with Crippen LogP contribution in [0.2, 0.25) is 0 Å². The molecule has 0 aromatic heterocycles. The van der Waals surface area contributed by atoms with Gasteiger partial charge in [-0.05, 0) is 42.8 Å². The van der Waals surface area contributed by atoms with Crippen LogP contribution in [0.3, 0.4) is 0 Å². The number of aliphatic imine (C=N–C) groups is 1. The molecule has 1 aliphatic heterocycles. The summed E-state index contributed by atoms with van der Waals surface area (Å²) in [6.45, 7) is 1.78. The Labute approximate surface area is 184 Å².